The molecule has 3 rings (SSSR count). The van der Waals surface area contributed by atoms with E-state index in [1.54, 1.807) is 18.7 Å². The summed E-state index contributed by atoms with van der Waals surface area (Å²) in [5, 5.41) is 10.2. The fourth-order valence-corrected chi connectivity index (χ4v) is 5.75. The molecule has 11 heteroatoms. The highest BCUT2D eigenvalue weighted by Gasteiger charge is 2.40. The van der Waals surface area contributed by atoms with E-state index < -0.39 is 22.1 Å². The SMILES string of the molecule is C[C@@H]1CN(C(=O)c2cnn[nH]2)C[C@H](C)N1S(=O)(=O)c1cc(Cl)cc(Cl)c1. The van der Waals surface area contributed by atoms with Gasteiger partial charge in [0.25, 0.3) is 5.91 Å². The summed E-state index contributed by atoms with van der Waals surface area (Å²) in [6.45, 7) is 4.00. The van der Waals surface area contributed by atoms with Crippen molar-refractivity contribution < 1.29 is 13.2 Å². The van der Waals surface area contributed by atoms with E-state index in [4.69, 9.17) is 23.2 Å². The normalized spacial score (nSPS) is 21.8. The Morgan fingerprint density at radius 2 is 1.73 bits per heavy atom. The number of nitrogens with one attached hydrogen (secondary N) is 1. The first kappa shape index (κ1) is 19.1. The number of aromatic nitrogens is 3. The lowest BCUT2D eigenvalue weighted by atomic mass is 10.1. The van der Waals surface area contributed by atoms with E-state index in [1.165, 1.54) is 28.7 Å². The standard InChI is InChI=1S/C15H17Cl2N5O3S/c1-9-7-21(15(23)14-6-18-20-19-14)8-10(2)22(9)26(24,25)13-4-11(16)3-12(17)5-13/h3-6,9-10H,7-8H2,1-2H3,(H,18,19,20)/t9-,10+. The summed E-state index contributed by atoms with van der Waals surface area (Å²) in [4.78, 5) is 14.1. The zero-order chi connectivity index (χ0) is 19.1. The number of nitrogens with zero attached hydrogens (tertiary/aromatic N) is 4. The van der Waals surface area contributed by atoms with E-state index in [0.717, 1.165) is 0 Å². The Kier molecular flexibility index (Phi) is 5.25. The second-order valence-corrected chi connectivity index (χ2v) is 8.93. The predicted molar refractivity (Wildman–Crippen MR) is 96.7 cm³/mol. The zero-order valence-corrected chi connectivity index (χ0v) is 16.4. The molecule has 1 fully saturated rings. The molecule has 0 radical (unpaired) electrons. The lowest BCUT2D eigenvalue weighted by Gasteiger charge is -2.43. The number of sulfonamides is 1. The lowest BCUT2D eigenvalue weighted by molar-refractivity contribution is 0.0548. The molecule has 2 aromatic rings. The summed E-state index contributed by atoms with van der Waals surface area (Å²) in [5.41, 5.74) is 0.266. The molecule has 0 spiro atoms. The van der Waals surface area contributed by atoms with Crippen molar-refractivity contribution in [1.29, 1.82) is 0 Å². The third-order valence-electron chi connectivity index (χ3n) is 4.18. The molecule has 1 amide bonds. The van der Waals surface area contributed by atoms with Crippen LogP contribution in [-0.2, 0) is 10.0 Å². The van der Waals surface area contributed by atoms with Crippen LogP contribution in [0.1, 0.15) is 24.3 Å². The van der Waals surface area contributed by atoms with Crippen LogP contribution in [-0.4, -0.2) is 64.1 Å². The minimum atomic E-state index is -3.81. The Morgan fingerprint density at radius 3 is 2.23 bits per heavy atom. The van der Waals surface area contributed by atoms with Crippen molar-refractivity contribution in [2.75, 3.05) is 13.1 Å². The van der Waals surface area contributed by atoms with Crippen LogP contribution >= 0.6 is 23.2 Å². The molecule has 8 nitrogen and oxygen atoms in total. The topological polar surface area (TPSA) is 99.3 Å². The fourth-order valence-electron chi connectivity index (χ4n) is 3.22. The summed E-state index contributed by atoms with van der Waals surface area (Å²) in [6.07, 6.45) is 1.34. The number of piperazine rings is 1. The molecule has 1 aliphatic heterocycles. The Balaban J connectivity index is 1.87. The molecule has 0 unspecified atom stereocenters. The Morgan fingerprint density at radius 1 is 1.15 bits per heavy atom. The van der Waals surface area contributed by atoms with Crippen LogP contribution in [0.4, 0.5) is 0 Å². The van der Waals surface area contributed by atoms with Gasteiger partial charge in [0.05, 0.1) is 11.1 Å². The van der Waals surface area contributed by atoms with Crippen LogP contribution in [0.3, 0.4) is 0 Å². The van der Waals surface area contributed by atoms with Crippen LogP contribution in [0.25, 0.3) is 0 Å². The molecule has 0 saturated carbocycles. The number of amides is 1. The van der Waals surface area contributed by atoms with Crippen LogP contribution in [0.15, 0.2) is 29.3 Å². The van der Waals surface area contributed by atoms with Gasteiger partial charge in [-0.15, -0.1) is 5.10 Å². The Labute approximate surface area is 161 Å². The number of hydrogen-bond acceptors (Lipinski definition) is 5. The quantitative estimate of drug-likeness (QED) is 0.823. The van der Waals surface area contributed by atoms with Crippen LogP contribution in [0, 0.1) is 0 Å². The maximum atomic E-state index is 13.1. The van der Waals surface area contributed by atoms with Crippen molar-refractivity contribution in [3.63, 3.8) is 0 Å². The second-order valence-electron chi connectivity index (χ2n) is 6.22. The van der Waals surface area contributed by atoms with Crippen molar-refractivity contribution in [2.24, 2.45) is 0 Å². The highest BCUT2D eigenvalue weighted by Crippen LogP contribution is 2.29. The van der Waals surface area contributed by atoms with E-state index in [-0.39, 0.29) is 39.6 Å². The van der Waals surface area contributed by atoms with Gasteiger partial charge in [0, 0.05) is 35.2 Å². The number of rotatable bonds is 3. The molecular formula is C15H17Cl2N5O3S. The van der Waals surface area contributed by atoms with Crippen molar-refractivity contribution >= 4 is 39.1 Å². The summed E-state index contributed by atoms with van der Waals surface area (Å²) in [6, 6.07) is 3.36. The molecule has 1 aliphatic rings. The van der Waals surface area contributed by atoms with Gasteiger partial charge >= 0.3 is 0 Å². The van der Waals surface area contributed by atoms with Gasteiger partial charge in [0.2, 0.25) is 10.0 Å². The molecular weight excluding hydrogens is 401 g/mol. The molecule has 1 saturated heterocycles. The second kappa shape index (κ2) is 7.15. The van der Waals surface area contributed by atoms with Gasteiger partial charge < -0.3 is 4.90 Å². The first-order valence-electron chi connectivity index (χ1n) is 7.85. The van der Waals surface area contributed by atoms with Crippen LogP contribution in [0.5, 0.6) is 0 Å². The Bertz CT molecular complexity index is 887. The highest BCUT2D eigenvalue weighted by atomic mass is 35.5. The summed E-state index contributed by atoms with van der Waals surface area (Å²) >= 11 is 11.9. The van der Waals surface area contributed by atoms with Gasteiger partial charge in [-0.1, -0.05) is 28.4 Å². The molecule has 0 bridgehead atoms. The zero-order valence-electron chi connectivity index (χ0n) is 14.1. The molecule has 140 valence electrons. The highest BCUT2D eigenvalue weighted by molar-refractivity contribution is 7.89. The van der Waals surface area contributed by atoms with Crippen LogP contribution < -0.4 is 0 Å². The summed E-state index contributed by atoms with van der Waals surface area (Å²) < 4.78 is 27.6. The third-order valence-corrected chi connectivity index (χ3v) is 6.72. The van der Waals surface area contributed by atoms with Gasteiger partial charge in [-0.05, 0) is 32.0 Å². The molecule has 1 aromatic heterocycles. The van der Waals surface area contributed by atoms with Crippen molar-refractivity contribution in [2.45, 2.75) is 30.8 Å². The van der Waals surface area contributed by atoms with Crippen molar-refractivity contribution in [1.82, 2.24) is 24.6 Å². The monoisotopic (exact) mass is 417 g/mol. The van der Waals surface area contributed by atoms with E-state index in [0.29, 0.717) is 0 Å². The van der Waals surface area contributed by atoms with Gasteiger partial charge in [-0.3, -0.25) is 9.89 Å². The number of hydrogen-bond donors (Lipinski definition) is 1. The number of halogens is 2. The minimum Gasteiger partial charge on any atom is -0.334 e. The number of carbonyl (C=O) groups excluding carboxylic acids is 1. The van der Waals surface area contributed by atoms with Crippen LogP contribution in [0.2, 0.25) is 10.0 Å². The van der Waals surface area contributed by atoms with Crippen molar-refractivity contribution in [3.8, 4) is 0 Å². The average molecular weight is 418 g/mol. The first-order valence-corrected chi connectivity index (χ1v) is 10.0. The molecule has 1 N–H and O–H groups in total. The summed E-state index contributed by atoms with van der Waals surface area (Å²) in [5.74, 6) is -0.267. The number of H-pyrrole nitrogens is 1. The van der Waals surface area contributed by atoms with Gasteiger partial charge in [-0.2, -0.15) is 4.31 Å². The number of carbonyl (C=O) groups is 1. The molecule has 0 aliphatic carbocycles. The number of benzene rings is 1. The molecule has 2 heterocycles. The molecule has 1 aromatic carbocycles. The minimum absolute atomic E-state index is 0.0336. The van der Waals surface area contributed by atoms with E-state index in [1.807, 2.05) is 0 Å². The summed E-state index contributed by atoms with van der Waals surface area (Å²) in [7, 11) is -3.81. The lowest BCUT2D eigenvalue weighted by Crippen LogP contribution is -2.59. The van der Waals surface area contributed by atoms with E-state index >= 15 is 0 Å². The number of aromatic amines is 1. The molecule has 26 heavy (non-hydrogen) atoms. The van der Waals surface area contributed by atoms with Gasteiger partial charge in [0.1, 0.15) is 5.69 Å². The maximum absolute atomic E-state index is 13.1. The predicted octanol–water partition coefficient (Wildman–Crippen LogP) is 2.04. The Hall–Kier alpha value is -1.68. The maximum Gasteiger partial charge on any atom is 0.273 e. The van der Waals surface area contributed by atoms with Gasteiger partial charge in [0.15, 0.2) is 0 Å². The third kappa shape index (κ3) is 3.57. The van der Waals surface area contributed by atoms with E-state index in [9.17, 15) is 13.2 Å². The van der Waals surface area contributed by atoms with Crippen molar-refractivity contribution in [3.05, 3.63) is 40.1 Å². The fraction of sp³-hybridized carbons (Fsp3) is 0.400. The largest absolute Gasteiger partial charge is 0.334 e. The smallest absolute Gasteiger partial charge is 0.273 e. The van der Waals surface area contributed by atoms with Gasteiger partial charge in [-0.25, -0.2) is 8.42 Å². The van der Waals surface area contributed by atoms with E-state index in [2.05, 4.69) is 15.4 Å². The first-order chi connectivity index (χ1) is 12.2. The molecule has 2 atom stereocenters. The average Bonchev–Trinajstić information content (AvgIpc) is 3.06.